The Hall–Kier alpha value is -3.72. The average molecular weight is 453 g/mol. The van der Waals surface area contributed by atoms with E-state index in [0.717, 1.165) is 10.1 Å². The molecular weight excluding hydrogens is 433 g/mol. The van der Waals surface area contributed by atoms with Gasteiger partial charge in [-0.25, -0.2) is 9.18 Å². The predicted octanol–water partition coefficient (Wildman–Crippen LogP) is 3.45. The molecule has 1 N–H and O–H groups in total. The van der Waals surface area contributed by atoms with Gasteiger partial charge in [0.2, 0.25) is 5.91 Å². The number of amides is 1. The van der Waals surface area contributed by atoms with E-state index in [4.69, 9.17) is 4.74 Å². The average Bonchev–Trinajstić information content (AvgIpc) is 3.27. The van der Waals surface area contributed by atoms with Gasteiger partial charge in [0.05, 0.1) is 18.7 Å². The summed E-state index contributed by atoms with van der Waals surface area (Å²) in [6.07, 6.45) is 0. The maximum atomic E-state index is 13.2. The van der Waals surface area contributed by atoms with Crippen LogP contribution in [0.25, 0.3) is 10.2 Å². The molecule has 164 valence electrons. The third-order valence-corrected chi connectivity index (χ3v) is 5.73. The topological polar surface area (TPSA) is 82.3 Å². The second-order valence-corrected chi connectivity index (χ2v) is 7.94. The number of thiophene rings is 1. The van der Waals surface area contributed by atoms with Crippen molar-refractivity contribution in [3.63, 3.8) is 0 Å². The molecule has 0 radical (unpaired) electrons. The first-order valence-corrected chi connectivity index (χ1v) is 10.8. The van der Waals surface area contributed by atoms with Crippen LogP contribution >= 0.6 is 11.3 Å². The number of rotatable bonds is 7. The first-order valence-electron chi connectivity index (χ1n) is 9.94. The van der Waals surface area contributed by atoms with Gasteiger partial charge in [0, 0.05) is 5.69 Å². The van der Waals surface area contributed by atoms with Crippen molar-refractivity contribution in [1.82, 2.24) is 9.13 Å². The van der Waals surface area contributed by atoms with Crippen LogP contribution in [-0.4, -0.2) is 21.6 Å². The van der Waals surface area contributed by atoms with Crippen molar-refractivity contribution < 1.29 is 13.9 Å². The molecule has 0 saturated heterocycles. The van der Waals surface area contributed by atoms with Crippen LogP contribution in [0.15, 0.2) is 69.6 Å². The summed E-state index contributed by atoms with van der Waals surface area (Å²) in [5.74, 6) is -0.176. The van der Waals surface area contributed by atoms with Crippen LogP contribution in [0.2, 0.25) is 0 Å². The van der Waals surface area contributed by atoms with Crippen molar-refractivity contribution >= 4 is 33.1 Å². The Morgan fingerprint density at radius 2 is 1.75 bits per heavy atom. The minimum absolute atomic E-state index is 0.0670. The fraction of sp³-hybridized carbons (Fsp3) is 0.174. The molecule has 7 nitrogen and oxygen atoms in total. The molecule has 32 heavy (non-hydrogen) atoms. The molecule has 0 fully saturated rings. The monoisotopic (exact) mass is 453 g/mol. The molecule has 2 heterocycles. The van der Waals surface area contributed by atoms with Crippen LogP contribution in [0.5, 0.6) is 5.75 Å². The van der Waals surface area contributed by atoms with Gasteiger partial charge in [-0.15, -0.1) is 11.3 Å². The Balaban J connectivity index is 1.66. The Bertz CT molecular complexity index is 1370. The molecule has 0 atom stereocenters. The number of hydrogen-bond donors (Lipinski definition) is 1. The van der Waals surface area contributed by atoms with E-state index in [2.05, 4.69) is 5.32 Å². The second-order valence-electron chi connectivity index (χ2n) is 7.03. The summed E-state index contributed by atoms with van der Waals surface area (Å²) in [5.41, 5.74) is 0.593. The van der Waals surface area contributed by atoms with E-state index in [1.54, 1.807) is 35.7 Å². The standard InChI is InChI=1S/C23H20FN3O4S/c1-2-31-18-9-3-15(4-10-18)13-27-22(29)21-19(11-12-32-21)26(23(27)30)14-20(28)25-17-7-5-16(24)6-8-17/h3-12H,2,13-14H2,1H3,(H,25,28). The normalized spacial score (nSPS) is 10.9. The third kappa shape index (κ3) is 4.47. The zero-order valence-corrected chi connectivity index (χ0v) is 18.0. The van der Waals surface area contributed by atoms with Gasteiger partial charge in [0.1, 0.15) is 22.8 Å². The summed E-state index contributed by atoms with van der Waals surface area (Å²) in [5, 5.41) is 4.35. The number of aromatic nitrogens is 2. The highest BCUT2D eigenvalue weighted by atomic mass is 32.1. The minimum Gasteiger partial charge on any atom is -0.494 e. The lowest BCUT2D eigenvalue weighted by Gasteiger charge is -2.13. The first kappa shape index (κ1) is 21.5. The highest BCUT2D eigenvalue weighted by molar-refractivity contribution is 7.17. The molecular formula is C23H20FN3O4S. The summed E-state index contributed by atoms with van der Waals surface area (Å²) < 4.78 is 21.3. The van der Waals surface area contributed by atoms with E-state index in [1.807, 2.05) is 6.92 Å². The molecule has 0 saturated carbocycles. The lowest BCUT2D eigenvalue weighted by atomic mass is 10.2. The van der Waals surface area contributed by atoms with E-state index in [-0.39, 0.29) is 13.1 Å². The zero-order chi connectivity index (χ0) is 22.7. The third-order valence-electron chi connectivity index (χ3n) is 4.84. The second kappa shape index (κ2) is 9.19. The summed E-state index contributed by atoms with van der Waals surface area (Å²) in [6, 6.07) is 14.1. The van der Waals surface area contributed by atoms with Gasteiger partial charge in [-0.1, -0.05) is 12.1 Å². The molecule has 0 spiro atoms. The van der Waals surface area contributed by atoms with Crippen molar-refractivity contribution in [3.8, 4) is 5.75 Å². The number of ether oxygens (including phenoxy) is 1. The number of halogens is 1. The lowest BCUT2D eigenvalue weighted by molar-refractivity contribution is -0.116. The van der Waals surface area contributed by atoms with Crippen LogP contribution in [0.1, 0.15) is 12.5 Å². The van der Waals surface area contributed by atoms with Crippen LogP contribution in [0.4, 0.5) is 10.1 Å². The molecule has 2 aromatic carbocycles. The number of carbonyl (C=O) groups is 1. The minimum atomic E-state index is -0.580. The quantitative estimate of drug-likeness (QED) is 0.465. The SMILES string of the molecule is CCOc1ccc(Cn2c(=O)c3sccc3n(CC(=O)Nc3ccc(F)cc3)c2=O)cc1. The maximum Gasteiger partial charge on any atom is 0.332 e. The summed E-state index contributed by atoms with van der Waals surface area (Å²) in [6.45, 7) is 2.21. The molecule has 0 aliphatic rings. The predicted molar refractivity (Wildman–Crippen MR) is 122 cm³/mol. The molecule has 0 bridgehead atoms. The van der Waals surface area contributed by atoms with Gasteiger partial charge in [-0.3, -0.25) is 18.7 Å². The largest absolute Gasteiger partial charge is 0.494 e. The lowest BCUT2D eigenvalue weighted by Crippen LogP contribution is -2.41. The number of fused-ring (bicyclic) bond motifs is 1. The van der Waals surface area contributed by atoms with Gasteiger partial charge >= 0.3 is 5.69 Å². The molecule has 0 unspecified atom stereocenters. The van der Waals surface area contributed by atoms with Gasteiger partial charge in [0.15, 0.2) is 0 Å². The number of nitrogens with one attached hydrogen (secondary N) is 1. The van der Waals surface area contributed by atoms with E-state index < -0.39 is 23.0 Å². The first-order chi connectivity index (χ1) is 15.5. The molecule has 1 amide bonds. The van der Waals surface area contributed by atoms with E-state index in [1.165, 1.54) is 40.2 Å². The number of carbonyl (C=O) groups excluding carboxylic acids is 1. The molecule has 0 aliphatic carbocycles. The molecule has 9 heteroatoms. The number of hydrogen-bond acceptors (Lipinski definition) is 5. The Morgan fingerprint density at radius 3 is 2.44 bits per heavy atom. The van der Waals surface area contributed by atoms with E-state index >= 15 is 0 Å². The van der Waals surface area contributed by atoms with Gasteiger partial charge < -0.3 is 10.1 Å². The maximum absolute atomic E-state index is 13.2. The molecule has 4 rings (SSSR count). The van der Waals surface area contributed by atoms with Crippen LogP contribution in [-0.2, 0) is 17.9 Å². The molecule has 0 aliphatic heterocycles. The van der Waals surface area contributed by atoms with Crippen LogP contribution < -0.4 is 21.3 Å². The van der Waals surface area contributed by atoms with E-state index in [0.29, 0.717) is 28.3 Å². The number of nitrogens with zero attached hydrogens (tertiary/aromatic N) is 2. The fourth-order valence-electron chi connectivity index (χ4n) is 3.34. The Morgan fingerprint density at radius 1 is 1.03 bits per heavy atom. The van der Waals surface area contributed by atoms with Crippen molar-refractivity contribution in [2.75, 3.05) is 11.9 Å². The van der Waals surface area contributed by atoms with Crippen molar-refractivity contribution in [2.24, 2.45) is 0 Å². The fourth-order valence-corrected chi connectivity index (χ4v) is 4.19. The van der Waals surface area contributed by atoms with Crippen molar-refractivity contribution in [3.05, 3.63) is 92.2 Å². The van der Waals surface area contributed by atoms with Crippen molar-refractivity contribution in [2.45, 2.75) is 20.0 Å². The van der Waals surface area contributed by atoms with Crippen LogP contribution in [0.3, 0.4) is 0 Å². The Labute approximate surface area is 186 Å². The summed E-state index contributed by atoms with van der Waals surface area (Å²) in [7, 11) is 0. The zero-order valence-electron chi connectivity index (χ0n) is 17.2. The highest BCUT2D eigenvalue weighted by Crippen LogP contribution is 2.17. The van der Waals surface area contributed by atoms with Gasteiger partial charge in [-0.05, 0) is 60.3 Å². The van der Waals surface area contributed by atoms with E-state index in [9.17, 15) is 18.8 Å². The molecule has 4 aromatic rings. The number of benzene rings is 2. The summed E-state index contributed by atoms with van der Waals surface area (Å²) in [4.78, 5) is 38.7. The summed E-state index contributed by atoms with van der Waals surface area (Å²) >= 11 is 1.22. The highest BCUT2D eigenvalue weighted by Gasteiger charge is 2.17. The van der Waals surface area contributed by atoms with Crippen molar-refractivity contribution in [1.29, 1.82) is 0 Å². The van der Waals surface area contributed by atoms with Crippen LogP contribution in [0, 0.1) is 5.82 Å². The Kier molecular flexibility index (Phi) is 6.18. The van der Waals surface area contributed by atoms with Gasteiger partial charge in [0.25, 0.3) is 5.56 Å². The number of anilines is 1. The smallest absolute Gasteiger partial charge is 0.332 e. The van der Waals surface area contributed by atoms with Gasteiger partial charge in [-0.2, -0.15) is 0 Å². The molecule has 2 aromatic heterocycles.